The molecule has 2 heterocycles. The van der Waals surface area contributed by atoms with Crippen LogP contribution in [-0.2, 0) is 0 Å². The first-order chi connectivity index (χ1) is 10.7. The Balaban J connectivity index is 2.16. The van der Waals surface area contributed by atoms with Gasteiger partial charge >= 0.3 is 0 Å². The number of hydrogen-bond donors (Lipinski definition) is 0. The van der Waals surface area contributed by atoms with E-state index in [1.807, 2.05) is 0 Å². The number of carbonyl (C=O) groups excluding carboxylic acids is 1. The van der Waals surface area contributed by atoms with E-state index in [0.29, 0.717) is 54.1 Å². The highest BCUT2D eigenvalue weighted by molar-refractivity contribution is 5.84. The second-order valence-electron chi connectivity index (χ2n) is 4.87. The second kappa shape index (κ2) is 6.09. The molecular weight excluding hydrogens is 292 g/mol. The van der Waals surface area contributed by atoms with E-state index in [4.69, 9.17) is 9.47 Å². The van der Waals surface area contributed by atoms with Crippen molar-refractivity contribution in [2.75, 3.05) is 13.2 Å². The molecule has 0 saturated carbocycles. The summed E-state index contributed by atoms with van der Waals surface area (Å²) in [5.74, 6) is 0.899. The average molecular weight is 305 g/mol. The molecule has 0 spiro atoms. The molecule has 0 N–H and O–H groups in total. The van der Waals surface area contributed by atoms with Gasteiger partial charge < -0.3 is 9.47 Å². The maximum atomic E-state index is 12.9. The minimum Gasteiger partial charge on any atom is -0.490 e. The fraction of sp³-hybridized carbons (Fsp3) is 0.250. The number of nitrogens with zero attached hydrogens (tertiary/aromatic N) is 1. The van der Waals surface area contributed by atoms with E-state index in [0.717, 1.165) is 6.20 Å². The fourth-order valence-corrected chi connectivity index (χ4v) is 2.30. The van der Waals surface area contributed by atoms with Crippen molar-refractivity contribution in [2.24, 2.45) is 0 Å². The van der Waals surface area contributed by atoms with Crippen molar-refractivity contribution in [2.45, 2.75) is 12.8 Å². The summed E-state index contributed by atoms with van der Waals surface area (Å²) in [6.07, 6.45) is 1.36. The van der Waals surface area contributed by atoms with Crippen LogP contribution in [0.2, 0.25) is 0 Å². The Hall–Kier alpha value is -2.50. The van der Waals surface area contributed by atoms with Gasteiger partial charge in [-0.15, -0.1) is 0 Å². The van der Waals surface area contributed by atoms with Gasteiger partial charge in [0.1, 0.15) is 6.29 Å². The quantitative estimate of drug-likeness (QED) is 0.812. The number of aromatic nitrogens is 1. The zero-order valence-corrected chi connectivity index (χ0v) is 11.6. The number of carbonyl (C=O) groups is 1. The first kappa shape index (κ1) is 14.4. The normalized spacial score (nSPS) is 13.8. The van der Waals surface area contributed by atoms with E-state index in [9.17, 15) is 13.6 Å². The fourth-order valence-electron chi connectivity index (χ4n) is 2.30. The molecular formula is C16H13F2NO3. The van der Waals surface area contributed by atoms with E-state index >= 15 is 0 Å². The number of fused-ring (bicyclic) bond motifs is 1. The predicted octanol–water partition coefficient (Wildman–Crippen LogP) is 3.66. The maximum absolute atomic E-state index is 12.9. The average Bonchev–Trinajstić information content (AvgIpc) is 2.79. The van der Waals surface area contributed by atoms with Crippen LogP contribution in [0.15, 0.2) is 30.6 Å². The van der Waals surface area contributed by atoms with Gasteiger partial charge in [0.05, 0.1) is 13.2 Å². The van der Waals surface area contributed by atoms with E-state index < -0.39 is 6.43 Å². The monoisotopic (exact) mass is 305 g/mol. The van der Waals surface area contributed by atoms with Gasteiger partial charge in [-0.3, -0.25) is 9.78 Å². The lowest BCUT2D eigenvalue weighted by molar-refractivity contribution is 0.112. The summed E-state index contributed by atoms with van der Waals surface area (Å²) < 4.78 is 37.0. The summed E-state index contributed by atoms with van der Waals surface area (Å²) >= 11 is 0. The molecule has 0 bridgehead atoms. The number of alkyl halides is 2. The molecule has 0 amide bonds. The Labute approximate surface area is 125 Å². The molecule has 0 saturated heterocycles. The van der Waals surface area contributed by atoms with Gasteiger partial charge in [-0.1, -0.05) is 0 Å². The third kappa shape index (κ3) is 2.77. The first-order valence-electron chi connectivity index (χ1n) is 6.81. The molecule has 3 rings (SSSR count). The molecule has 22 heavy (non-hydrogen) atoms. The lowest BCUT2D eigenvalue weighted by Crippen LogP contribution is -1.98. The van der Waals surface area contributed by atoms with E-state index in [1.165, 1.54) is 12.3 Å². The Kier molecular flexibility index (Phi) is 4.00. The van der Waals surface area contributed by atoms with Gasteiger partial charge in [0, 0.05) is 41.1 Å². The Morgan fingerprint density at radius 2 is 1.95 bits per heavy atom. The van der Waals surface area contributed by atoms with Crippen LogP contribution in [0.5, 0.6) is 11.5 Å². The Bertz CT molecular complexity index is 704. The summed E-state index contributed by atoms with van der Waals surface area (Å²) in [6.45, 7) is 0.937. The van der Waals surface area contributed by atoms with Crippen LogP contribution in [0.4, 0.5) is 8.78 Å². The molecule has 1 aliphatic heterocycles. The highest BCUT2D eigenvalue weighted by Gasteiger charge is 2.19. The SMILES string of the molecule is O=Cc1cc2c(c(-c3cncc(C(F)F)c3)c1)OCCCO2. The standard InChI is InChI=1S/C16H13F2NO3/c17-16(18)12-6-11(7-19-8-12)13-4-10(9-20)5-14-15(13)22-3-1-2-21-14/h4-9,16H,1-3H2. The predicted molar refractivity (Wildman–Crippen MR) is 75.6 cm³/mol. The van der Waals surface area contributed by atoms with Crippen molar-refractivity contribution in [3.05, 3.63) is 41.7 Å². The summed E-state index contributed by atoms with van der Waals surface area (Å²) in [7, 11) is 0. The molecule has 0 aliphatic carbocycles. The van der Waals surface area contributed by atoms with Gasteiger partial charge in [0.2, 0.25) is 0 Å². The number of benzene rings is 1. The second-order valence-corrected chi connectivity index (χ2v) is 4.87. The third-order valence-electron chi connectivity index (χ3n) is 3.33. The number of pyridine rings is 1. The summed E-state index contributed by atoms with van der Waals surface area (Å²) in [6, 6.07) is 4.52. The Morgan fingerprint density at radius 3 is 2.73 bits per heavy atom. The van der Waals surface area contributed by atoms with Gasteiger partial charge in [0.25, 0.3) is 6.43 Å². The topological polar surface area (TPSA) is 48.4 Å². The molecule has 0 unspecified atom stereocenters. The molecule has 0 fully saturated rings. The molecule has 4 nitrogen and oxygen atoms in total. The molecule has 114 valence electrons. The summed E-state index contributed by atoms with van der Waals surface area (Å²) in [5, 5.41) is 0. The number of halogens is 2. The highest BCUT2D eigenvalue weighted by atomic mass is 19.3. The minimum absolute atomic E-state index is 0.183. The molecule has 1 aromatic heterocycles. The van der Waals surface area contributed by atoms with Crippen LogP contribution in [0.3, 0.4) is 0 Å². The van der Waals surface area contributed by atoms with Crippen molar-refractivity contribution in [1.29, 1.82) is 0 Å². The van der Waals surface area contributed by atoms with Crippen LogP contribution in [-0.4, -0.2) is 24.5 Å². The molecule has 6 heteroatoms. The van der Waals surface area contributed by atoms with Gasteiger partial charge in [0.15, 0.2) is 11.5 Å². The molecule has 1 aliphatic rings. The van der Waals surface area contributed by atoms with Gasteiger partial charge in [-0.05, 0) is 18.2 Å². The first-order valence-corrected chi connectivity index (χ1v) is 6.81. The van der Waals surface area contributed by atoms with Crippen LogP contribution in [0.25, 0.3) is 11.1 Å². The minimum atomic E-state index is -2.61. The van der Waals surface area contributed by atoms with E-state index in [-0.39, 0.29) is 5.56 Å². The van der Waals surface area contributed by atoms with Crippen molar-refractivity contribution in [3.63, 3.8) is 0 Å². The van der Waals surface area contributed by atoms with Gasteiger partial charge in [-0.2, -0.15) is 0 Å². The summed E-state index contributed by atoms with van der Waals surface area (Å²) in [4.78, 5) is 15.0. The lowest BCUT2D eigenvalue weighted by Gasteiger charge is -2.14. The van der Waals surface area contributed by atoms with E-state index in [2.05, 4.69) is 4.98 Å². The smallest absolute Gasteiger partial charge is 0.265 e. The van der Waals surface area contributed by atoms with Crippen molar-refractivity contribution < 1.29 is 23.0 Å². The molecule has 1 aromatic carbocycles. The molecule has 0 atom stereocenters. The number of rotatable bonds is 3. The van der Waals surface area contributed by atoms with Crippen LogP contribution < -0.4 is 9.47 Å². The van der Waals surface area contributed by atoms with Crippen molar-refractivity contribution in [3.8, 4) is 22.6 Å². The number of hydrogen-bond acceptors (Lipinski definition) is 4. The highest BCUT2D eigenvalue weighted by Crippen LogP contribution is 2.41. The zero-order valence-electron chi connectivity index (χ0n) is 11.6. The van der Waals surface area contributed by atoms with Gasteiger partial charge in [-0.25, -0.2) is 8.78 Å². The Morgan fingerprint density at radius 1 is 1.14 bits per heavy atom. The number of aldehydes is 1. The third-order valence-corrected chi connectivity index (χ3v) is 3.33. The van der Waals surface area contributed by atoms with Crippen LogP contribution in [0, 0.1) is 0 Å². The lowest BCUT2D eigenvalue weighted by atomic mass is 10.0. The maximum Gasteiger partial charge on any atom is 0.265 e. The van der Waals surface area contributed by atoms with Crippen molar-refractivity contribution >= 4 is 6.29 Å². The van der Waals surface area contributed by atoms with Crippen LogP contribution >= 0.6 is 0 Å². The number of ether oxygens (including phenoxy) is 2. The van der Waals surface area contributed by atoms with Crippen LogP contribution in [0.1, 0.15) is 28.8 Å². The summed E-state index contributed by atoms with van der Waals surface area (Å²) in [5.41, 5.74) is 1.19. The van der Waals surface area contributed by atoms with E-state index in [1.54, 1.807) is 12.1 Å². The van der Waals surface area contributed by atoms with Crippen molar-refractivity contribution in [1.82, 2.24) is 4.98 Å². The zero-order chi connectivity index (χ0) is 15.5. The molecule has 0 radical (unpaired) electrons. The largest absolute Gasteiger partial charge is 0.490 e. The molecule has 2 aromatic rings.